The van der Waals surface area contributed by atoms with Crippen LogP contribution in [0.4, 0.5) is 0 Å². The van der Waals surface area contributed by atoms with Crippen LogP contribution in [-0.4, -0.2) is 84.4 Å². The van der Waals surface area contributed by atoms with Crippen LogP contribution in [0.3, 0.4) is 0 Å². The van der Waals surface area contributed by atoms with E-state index in [-0.39, 0.29) is 0 Å². The third-order valence-electron chi connectivity index (χ3n) is 5.50. The zero-order chi connectivity index (χ0) is 20.5. The van der Waals surface area contributed by atoms with Crippen molar-refractivity contribution >= 4 is 5.96 Å². The molecule has 0 radical (unpaired) electrons. The zero-order valence-electron chi connectivity index (χ0n) is 18.8. The Balaban J connectivity index is 1.84. The Bertz CT molecular complexity index is 600. The van der Waals surface area contributed by atoms with Crippen LogP contribution in [0, 0.1) is 19.8 Å². The van der Waals surface area contributed by atoms with E-state index in [1.807, 2.05) is 6.92 Å². The molecular weight excluding hydrogens is 350 g/mol. The first-order valence-electron chi connectivity index (χ1n) is 10.9. The summed E-state index contributed by atoms with van der Waals surface area (Å²) in [5.74, 6) is 1.52. The van der Waals surface area contributed by atoms with Gasteiger partial charge in [0.2, 0.25) is 0 Å². The van der Waals surface area contributed by atoms with Crippen molar-refractivity contribution in [2.75, 3.05) is 52.9 Å². The number of piperazine rings is 1. The lowest BCUT2D eigenvalue weighted by atomic mass is 10.0. The number of likely N-dealkylation sites (N-methyl/N-ethyl adjacent to an activating group) is 1. The molecule has 1 aliphatic rings. The topological polar surface area (TPSA) is 60.7 Å². The Morgan fingerprint density at radius 2 is 1.89 bits per heavy atom. The minimum atomic E-state index is 0.499. The largest absolute Gasteiger partial charge is 0.357 e. The Kier molecular flexibility index (Phi) is 9.25. The summed E-state index contributed by atoms with van der Waals surface area (Å²) in [6.45, 7) is 19.0. The van der Waals surface area contributed by atoms with E-state index < -0.39 is 0 Å². The molecule has 7 heteroatoms. The summed E-state index contributed by atoms with van der Waals surface area (Å²) in [6.07, 6.45) is 1.03. The number of rotatable bonds is 9. The second-order valence-corrected chi connectivity index (χ2v) is 8.30. The second-order valence-electron chi connectivity index (χ2n) is 8.30. The summed E-state index contributed by atoms with van der Waals surface area (Å²) in [5, 5.41) is 11.4. The van der Waals surface area contributed by atoms with Gasteiger partial charge in [-0.05, 0) is 46.2 Å². The van der Waals surface area contributed by atoms with Gasteiger partial charge in [0, 0.05) is 57.5 Å². The summed E-state index contributed by atoms with van der Waals surface area (Å²) in [7, 11) is 2.21. The monoisotopic (exact) mass is 391 g/mol. The van der Waals surface area contributed by atoms with Crippen LogP contribution in [0.2, 0.25) is 0 Å². The van der Waals surface area contributed by atoms with Gasteiger partial charge in [-0.25, -0.2) is 0 Å². The lowest BCUT2D eigenvalue weighted by molar-refractivity contribution is 0.0925. The molecule has 2 rings (SSSR count). The van der Waals surface area contributed by atoms with E-state index in [1.54, 1.807) is 0 Å². The quantitative estimate of drug-likeness (QED) is 0.381. The molecule has 2 N–H and O–H groups in total. The van der Waals surface area contributed by atoms with Crippen molar-refractivity contribution < 1.29 is 0 Å². The fraction of sp³-hybridized carbons (Fsp3) is 0.810. The first kappa shape index (κ1) is 22.7. The molecular formula is C21H41N7. The molecule has 0 aliphatic carbocycles. The summed E-state index contributed by atoms with van der Waals surface area (Å²) in [5.41, 5.74) is 2.31. The average molecular weight is 392 g/mol. The van der Waals surface area contributed by atoms with Gasteiger partial charge < -0.3 is 15.5 Å². The Morgan fingerprint density at radius 3 is 2.46 bits per heavy atom. The highest BCUT2D eigenvalue weighted by atomic mass is 15.3. The van der Waals surface area contributed by atoms with Gasteiger partial charge in [-0.15, -0.1) is 0 Å². The molecule has 160 valence electrons. The average Bonchev–Trinajstić information content (AvgIpc) is 2.97. The fourth-order valence-corrected chi connectivity index (χ4v) is 3.76. The second kappa shape index (κ2) is 11.4. The van der Waals surface area contributed by atoms with Gasteiger partial charge in [-0.3, -0.25) is 14.6 Å². The summed E-state index contributed by atoms with van der Waals surface area (Å²) < 4.78 is 2.09. The Hall–Kier alpha value is -1.60. The van der Waals surface area contributed by atoms with Crippen LogP contribution in [0.15, 0.2) is 11.1 Å². The van der Waals surface area contributed by atoms with Crippen LogP contribution in [0.25, 0.3) is 0 Å². The minimum Gasteiger partial charge on any atom is -0.357 e. The maximum Gasteiger partial charge on any atom is 0.191 e. The number of aliphatic imine (C=N–C) groups is 1. The van der Waals surface area contributed by atoms with Crippen LogP contribution in [-0.2, 0) is 6.54 Å². The summed E-state index contributed by atoms with van der Waals surface area (Å²) >= 11 is 0. The molecule has 1 saturated heterocycles. The molecule has 2 heterocycles. The fourth-order valence-electron chi connectivity index (χ4n) is 3.76. The van der Waals surface area contributed by atoms with E-state index in [0.29, 0.717) is 12.0 Å². The molecule has 0 bridgehead atoms. The SMILES string of the molecule is CCNC(=NCC(C(C)C)N1CCN(C)CC1)NCCCn1nc(C)cc1C. The molecule has 0 amide bonds. The van der Waals surface area contributed by atoms with Gasteiger partial charge in [-0.2, -0.15) is 5.10 Å². The van der Waals surface area contributed by atoms with Crippen molar-refractivity contribution in [3.63, 3.8) is 0 Å². The number of guanidine groups is 1. The molecule has 1 aliphatic heterocycles. The van der Waals surface area contributed by atoms with Gasteiger partial charge in [0.05, 0.1) is 12.2 Å². The molecule has 0 spiro atoms. The molecule has 7 nitrogen and oxygen atoms in total. The predicted octanol–water partition coefficient (Wildman–Crippen LogP) is 1.72. The van der Waals surface area contributed by atoms with E-state index in [2.05, 4.69) is 71.0 Å². The Labute approximate surface area is 171 Å². The zero-order valence-corrected chi connectivity index (χ0v) is 18.8. The molecule has 1 fully saturated rings. The van der Waals surface area contributed by atoms with E-state index in [9.17, 15) is 0 Å². The molecule has 1 aromatic rings. The predicted molar refractivity (Wildman–Crippen MR) is 118 cm³/mol. The number of hydrogen-bond donors (Lipinski definition) is 2. The van der Waals surface area contributed by atoms with Crippen molar-refractivity contribution in [3.05, 3.63) is 17.5 Å². The maximum atomic E-state index is 4.91. The maximum absolute atomic E-state index is 4.91. The summed E-state index contributed by atoms with van der Waals surface area (Å²) in [4.78, 5) is 9.93. The van der Waals surface area contributed by atoms with E-state index >= 15 is 0 Å². The lowest BCUT2D eigenvalue weighted by Gasteiger charge is -2.39. The van der Waals surface area contributed by atoms with Crippen molar-refractivity contribution in [3.8, 4) is 0 Å². The minimum absolute atomic E-state index is 0.499. The Morgan fingerprint density at radius 1 is 1.18 bits per heavy atom. The molecule has 0 aromatic carbocycles. The highest BCUT2D eigenvalue weighted by molar-refractivity contribution is 5.79. The molecule has 1 atom stereocenters. The van der Waals surface area contributed by atoms with Crippen molar-refractivity contribution in [2.45, 2.75) is 53.6 Å². The molecule has 28 heavy (non-hydrogen) atoms. The lowest BCUT2D eigenvalue weighted by Crippen LogP contribution is -2.52. The van der Waals surface area contributed by atoms with E-state index in [0.717, 1.165) is 70.4 Å². The first-order valence-corrected chi connectivity index (χ1v) is 10.9. The smallest absolute Gasteiger partial charge is 0.191 e. The van der Waals surface area contributed by atoms with E-state index in [4.69, 9.17) is 4.99 Å². The highest BCUT2D eigenvalue weighted by Crippen LogP contribution is 2.14. The van der Waals surface area contributed by atoms with Gasteiger partial charge >= 0.3 is 0 Å². The van der Waals surface area contributed by atoms with Gasteiger partial charge in [0.15, 0.2) is 5.96 Å². The number of nitrogens with zero attached hydrogens (tertiary/aromatic N) is 5. The van der Waals surface area contributed by atoms with E-state index in [1.165, 1.54) is 5.69 Å². The van der Waals surface area contributed by atoms with Crippen LogP contribution >= 0.6 is 0 Å². The number of aromatic nitrogens is 2. The van der Waals surface area contributed by atoms with Crippen LogP contribution in [0.5, 0.6) is 0 Å². The van der Waals surface area contributed by atoms with Gasteiger partial charge in [0.1, 0.15) is 0 Å². The standard InChI is InChI=1S/C21H41N7/c1-7-22-21(23-9-8-10-28-19(5)15-18(4)25-28)24-16-20(17(2)3)27-13-11-26(6)12-14-27/h15,17,20H,7-14,16H2,1-6H3,(H2,22,23,24). The number of hydrogen-bond acceptors (Lipinski definition) is 4. The van der Waals surface area contributed by atoms with Crippen molar-refractivity contribution in [1.29, 1.82) is 0 Å². The highest BCUT2D eigenvalue weighted by Gasteiger charge is 2.24. The number of aryl methyl sites for hydroxylation is 3. The molecule has 0 saturated carbocycles. The van der Waals surface area contributed by atoms with Crippen molar-refractivity contribution in [2.24, 2.45) is 10.9 Å². The van der Waals surface area contributed by atoms with Gasteiger partial charge in [0.25, 0.3) is 0 Å². The first-order chi connectivity index (χ1) is 13.4. The molecule has 1 unspecified atom stereocenters. The van der Waals surface area contributed by atoms with Crippen molar-refractivity contribution in [1.82, 2.24) is 30.2 Å². The van der Waals surface area contributed by atoms with Gasteiger partial charge in [-0.1, -0.05) is 13.8 Å². The third-order valence-corrected chi connectivity index (χ3v) is 5.50. The van der Waals surface area contributed by atoms with Crippen LogP contribution in [0.1, 0.15) is 38.6 Å². The van der Waals surface area contributed by atoms with Crippen LogP contribution < -0.4 is 10.6 Å². The molecule has 1 aromatic heterocycles. The third kappa shape index (κ3) is 7.09. The normalized spacial score (nSPS) is 17.9. The summed E-state index contributed by atoms with van der Waals surface area (Å²) in [6, 6.07) is 2.63. The number of nitrogens with one attached hydrogen (secondary N) is 2.